The molecule has 0 aliphatic carbocycles. The molecule has 6 heteroatoms. The Morgan fingerprint density at radius 1 is 1.50 bits per heavy atom. The molecule has 0 aromatic carbocycles. The molecule has 0 radical (unpaired) electrons. The van der Waals surface area contributed by atoms with Crippen molar-refractivity contribution in [2.45, 2.75) is 20.0 Å². The van der Waals surface area contributed by atoms with Gasteiger partial charge in [0.25, 0.3) is 0 Å². The van der Waals surface area contributed by atoms with Crippen LogP contribution in [0, 0.1) is 5.92 Å². The van der Waals surface area contributed by atoms with Crippen molar-refractivity contribution >= 4 is 11.5 Å². The first-order valence-corrected chi connectivity index (χ1v) is 4.34. The van der Waals surface area contributed by atoms with E-state index in [-0.39, 0.29) is 17.8 Å². The predicted octanol–water partition coefficient (Wildman–Crippen LogP) is 0.164. The third-order valence-electron chi connectivity index (χ3n) is 2.30. The van der Waals surface area contributed by atoms with Crippen LogP contribution in [0.2, 0.25) is 0 Å². The Labute approximate surface area is 80.3 Å². The summed E-state index contributed by atoms with van der Waals surface area (Å²) in [6.07, 6.45) is 1.26. The number of aromatic amines is 1. The van der Waals surface area contributed by atoms with Crippen LogP contribution in [0.3, 0.4) is 0 Å². The molecule has 2 heterocycles. The summed E-state index contributed by atoms with van der Waals surface area (Å²) in [6, 6.07) is 0. The Kier molecular flexibility index (Phi) is 2.03. The van der Waals surface area contributed by atoms with Crippen molar-refractivity contribution < 1.29 is 9.53 Å². The van der Waals surface area contributed by atoms with Gasteiger partial charge < -0.3 is 4.74 Å². The van der Waals surface area contributed by atoms with Crippen LogP contribution in [0.5, 0.6) is 0 Å². The Morgan fingerprint density at radius 3 is 2.86 bits per heavy atom. The van der Waals surface area contributed by atoms with Crippen molar-refractivity contribution in [3.63, 3.8) is 0 Å². The maximum Gasteiger partial charge on any atom is 0.239 e. The van der Waals surface area contributed by atoms with Gasteiger partial charge in [-0.3, -0.25) is 4.79 Å². The highest BCUT2D eigenvalue weighted by atomic mass is 16.5. The molecule has 2 atom stereocenters. The lowest BCUT2D eigenvalue weighted by molar-refractivity contribution is -0.121. The van der Waals surface area contributed by atoms with Gasteiger partial charge in [-0.05, 0) is 12.1 Å². The normalized spacial score (nSPS) is 27.0. The summed E-state index contributed by atoms with van der Waals surface area (Å²) in [5, 5.41) is 13.2. The summed E-state index contributed by atoms with van der Waals surface area (Å²) in [5.74, 6) is 0.612. The van der Waals surface area contributed by atoms with E-state index in [9.17, 15) is 4.79 Å². The monoisotopic (exact) mass is 194 g/mol. The molecule has 1 aromatic heterocycles. The fourth-order valence-electron chi connectivity index (χ4n) is 1.21. The zero-order valence-electron chi connectivity index (χ0n) is 7.89. The van der Waals surface area contributed by atoms with Gasteiger partial charge in [0.05, 0.1) is 5.92 Å². The molecular weight excluding hydrogens is 184 g/mol. The van der Waals surface area contributed by atoms with Gasteiger partial charge in [0, 0.05) is 6.08 Å². The Balaban J connectivity index is 2.31. The molecule has 14 heavy (non-hydrogen) atoms. The number of nitrogens with one attached hydrogen (secondary N) is 1. The Bertz CT molecular complexity index is 371. The quantitative estimate of drug-likeness (QED) is 0.689. The van der Waals surface area contributed by atoms with Gasteiger partial charge in [-0.15, -0.1) is 10.2 Å². The molecule has 2 rings (SSSR count). The lowest BCUT2D eigenvalue weighted by atomic mass is 9.98. The number of hydrogen-bond acceptors (Lipinski definition) is 5. The van der Waals surface area contributed by atoms with E-state index < -0.39 is 0 Å². The van der Waals surface area contributed by atoms with E-state index in [0.29, 0.717) is 11.6 Å². The first-order valence-electron chi connectivity index (χ1n) is 4.34. The molecule has 1 aliphatic heterocycles. The molecule has 74 valence electrons. The summed E-state index contributed by atoms with van der Waals surface area (Å²) < 4.78 is 5.47. The molecule has 0 bridgehead atoms. The number of hydrogen-bond donors (Lipinski definition) is 1. The maximum atomic E-state index is 11.5. The third kappa shape index (κ3) is 1.39. The minimum Gasteiger partial charge on any atom is -0.486 e. The van der Waals surface area contributed by atoms with Crippen LogP contribution in [0.15, 0.2) is 6.08 Å². The molecular formula is C8H10N4O2. The van der Waals surface area contributed by atoms with Crippen LogP contribution >= 0.6 is 0 Å². The first kappa shape index (κ1) is 8.86. The molecule has 0 saturated carbocycles. The average molecular weight is 194 g/mol. The molecule has 0 spiro atoms. The maximum absolute atomic E-state index is 11.5. The predicted molar refractivity (Wildman–Crippen MR) is 46.9 cm³/mol. The second kappa shape index (κ2) is 3.21. The van der Waals surface area contributed by atoms with E-state index in [1.54, 1.807) is 0 Å². The van der Waals surface area contributed by atoms with Crippen LogP contribution < -0.4 is 0 Å². The van der Waals surface area contributed by atoms with E-state index >= 15 is 0 Å². The number of rotatable bonds is 1. The van der Waals surface area contributed by atoms with Gasteiger partial charge in [-0.2, -0.15) is 5.21 Å². The topological polar surface area (TPSA) is 80.8 Å². The number of carbonyl (C=O) groups excluding carboxylic acids is 1. The molecule has 0 fully saturated rings. The van der Waals surface area contributed by atoms with Crippen LogP contribution in [0.25, 0.3) is 5.76 Å². The molecule has 1 aromatic rings. The highest BCUT2D eigenvalue weighted by Crippen LogP contribution is 2.23. The van der Waals surface area contributed by atoms with Crippen molar-refractivity contribution in [1.82, 2.24) is 20.6 Å². The minimum absolute atomic E-state index is 0.0311. The summed E-state index contributed by atoms with van der Waals surface area (Å²) in [5.41, 5.74) is 0. The number of H-pyrrole nitrogens is 1. The summed E-state index contributed by atoms with van der Waals surface area (Å²) >= 11 is 0. The number of nitrogens with zero attached hydrogens (tertiary/aromatic N) is 3. The fraction of sp³-hybridized carbons (Fsp3) is 0.500. The number of tetrazole rings is 1. The molecule has 0 amide bonds. The summed E-state index contributed by atoms with van der Waals surface area (Å²) in [4.78, 5) is 11.5. The first-order chi connectivity index (χ1) is 6.68. The van der Waals surface area contributed by atoms with E-state index in [2.05, 4.69) is 20.6 Å². The number of carbonyl (C=O) groups is 1. The largest absolute Gasteiger partial charge is 0.486 e. The molecule has 6 nitrogen and oxygen atoms in total. The zero-order chi connectivity index (χ0) is 10.1. The van der Waals surface area contributed by atoms with Crippen molar-refractivity contribution in [2.24, 2.45) is 5.92 Å². The number of ketones is 1. The van der Waals surface area contributed by atoms with Gasteiger partial charge in [0.1, 0.15) is 6.10 Å². The highest BCUT2D eigenvalue weighted by molar-refractivity contribution is 5.98. The van der Waals surface area contributed by atoms with Crippen LogP contribution in [0.4, 0.5) is 0 Å². The van der Waals surface area contributed by atoms with Crippen molar-refractivity contribution in [3.8, 4) is 0 Å². The number of allylic oxidation sites excluding steroid dienone is 1. The second-order valence-electron chi connectivity index (χ2n) is 3.26. The lowest BCUT2D eigenvalue weighted by Crippen LogP contribution is -2.28. The Morgan fingerprint density at radius 2 is 2.29 bits per heavy atom. The SMILES string of the molecule is CC1OC(c2nn[nH]n2)=CC(=O)C1C. The van der Waals surface area contributed by atoms with Gasteiger partial charge in [-0.25, -0.2) is 0 Å². The highest BCUT2D eigenvalue weighted by Gasteiger charge is 2.28. The van der Waals surface area contributed by atoms with Gasteiger partial charge >= 0.3 is 0 Å². The Hall–Kier alpha value is -1.72. The molecule has 0 saturated heterocycles. The molecule has 1 N–H and O–H groups in total. The van der Waals surface area contributed by atoms with Crippen molar-refractivity contribution in [3.05, 3.63) is 11.9 Å². The number of ether oxygens (including phenoxy) is 1. The van der Waals surface area contributed by atoms with Crippen molar-refractivity contribution in [1.29, 1.82) is 0 Å². The molecule has 2 unspecified atom stereocenters. The van der Waals surface area contributed by atoms with Gasteiger partial charge in [0.2, 0.25) is 5.82 Å². The summed E-state index contributed by atoms with van der Waals surface area (Å²) in [7, 11) is 0. The van der Waals surface area contributed by atoms with E-state index in [1.165, 1.54) is 6.08 Å². The van der Waals surface area contributed by atoms with Gasteiger partial charge in [-0.1, -0.05) is 6.92 Å². The van der Waals surface area contributed by atoms with E-state index in [4.69, 9.17) is 4.74 Å². The molecule has 1 aliphatic rings. The van der Waals surface area contributed by atoms with E-state index in [1.807, 2.05) is 13.8 Å². The van der Waals surface area contributed by atoms with E-state index in [0.717, 1.165) is 0 Å². The van der Waals surface area contributed by atoms with Gasteiger partial charge in [0.15, 0.2) is 11.5 Å². The average Bonchev–Trinajstić information content (AvgIpc) is 2.66. The lowest BCUT2D eigenvalue weighted by Gasteiger charge is -2.24. The third-order valence-corrected chi connectivity index (χ3v) is 2.30. The van der Waals surface area contributed by atoms with Crippen LogP contribution in [-0.2, 0) is 9.53 Å². The van der Waals surface area contributed by atoms with Crippen LogP contribution in [0.1, 0.15) is 19.7 Å². The van der Waals surface area contributed by atoms with Crippen molar-refractivity contribution in [2.75, 3.05) is 0 Å². The standard InChI is InChI=1S/C8H10N4O2/c1-4-5(2)14-7(3-6(4)13)8-9-11-12-10-8/h3-5H,1-2H3,(H,9,10,11,12). The minimum atomic E-state index is -0.152. The fourth-order valence-corrected chi connectivity index (χ4v) is 1.21. The number of aromatic nitrogens is 4. The zero-order valence-corrected chi connectivity index (χ0v) is 7.89. The summed E-state index contributed by atoms with van der Waals surface area (Å²) in [6.45, 7) is 3.67. The smallest absolute Gasteiger partial charge is 0.239 e. The second-order valence-corrected chi connectivity index (χ2v) is 3.26. The van der Waals surface area contributed by atoms with Crippen LogP contribution in [-0.4, -0.2) is 32.5 Å².